The van der Waals surface area contributed by atoms with Crippen molar-refractivity contribution in [1.29, 1.82) is 0 Å². The van der Waals surface area contributed by atoms with Gasteiger partial charge >= 0.3 is 0 Å². The lowest BCUT2D eigenvalue weighted by Crippen LogP contribution is -2.10. The van der Waals surface area contributed by atoms with E-state index in [1.165, 1.54) is 11.9 Å². The molecule has 1 aromatic rings. The van der Waals surface area contributed by atoms with Crippen molar-refractivity contribution >= 4 is 11.9 Å². The van der Waals surface area contributed by atoms with Gasteiger partial charge < -0.3 is 0 Å². The standard InChI is InChI=1S/C11H14F3NS.C2H6/c1-7(3-4-15-16-2)11-9(13)5-8(12)6-10(11)14;1-2/h5-7,15H,3-4H2,1-2H3;1-2H3. The third kappa shape index (κ3) is 5.31. The van der Waals surface area contributed by atoms with Crippen LogP contribution in [0.1, 0.15) is 38.7 Å². The van der Waals surface area contributed by atoms with Gasteiger partial charge in [0.1, 0.15) is 17.5 Å². The van der Waals surface area contributed by atoms with E-state index in [2.05, 4.69) is 4.72 Å². The van der Waals surface area contributed by atoms with Crippen LogP contribution >= 0.6 is 11.9 Å². The summed E-state index contributed by atoms with van der Waals surface area (Å²) < 4.78 is 42.4. The maximum Gasteiger partial charge on any atom is 0.132 e. The van der Waals surface area contributed by atoms with Gasteiger partial charge in [0.25, 0.3) is 0 Å². The summed E-state index contributed by atoms with van der Waals surface area (Å²) in [5.74, 6) is -2.78. The summed E-state index contributed by atoms with van der Waals surface area (Å²) in [5, 5.41) is 0. The third-order valence-electron chi connectivity index (χ3n) is 2.36. The lowest BCUT2D eigenvalue weighted by atomic mass is 9.96. The van der Waals surface area contributed by atoms with E-state index < -0.39 is 17.5 Å². The van der Waals surface area contributed by atoms with Gasteiger partial charge in [0.05, 0.1) is 0 Å². The Morgan fingerprint density at radius 2 is 1.67 bits per heavy atom. The second-order valence-electron chi connectivity index (χ2n) is 3.57. The summed E-state index contributed by atoms with van der Waals surface area (Å²) in [5.41, 5.74) is -0.0377. The Labute approximate surface area is 111 Å². The maximum absolute atomic E-state index is 13.4. The number of rotatable bonds is 5. The molecule has 0 aliphatic carbocycles. The molecule has 0 fully saturated rings. The SMILES string of the molecule is CC.CSNCCC(C)c1c(F)cc(F)cc1F. The normalized spacial score (nSPS) is 11.7. The van der Waals surface area contributed by atoms with Crippen LogP contribution in [-0.2, 0) is 0 Å². The zero-order valence-electron chi connectivity index (χ0n) is 11.2. The molecule has 1 aromatic carbocycles. The second-order valence-corrected chi connectivity index (χ2v) is 4.27. The average Bonchev–Trinajstić information content (AvgIpc) is 2.30. The Morgan fingerprint density at radius 3 is 2.11 bits per heavy atom. The molecule has 0 aromatic heterocycles. The molecule has 0 bridgehead atoms. The minimum Gasteiger partial charge on any atom is -0.264 e. The number of benzene rings is 1. The molecular weight excluding hydrogens is 259 g/mol. The van der Waals surface area contributed by atoms with Gasteiger partial charge in [0, 0.05) is 24.2 Å². The van der Waals surface area contributed by atoms with Gasteiger partial charge in [-0.2, -0.15) is 0 Å². The lowest BCUT2D eigenvalue weighted by Gasteiger charge is -2.13. The predicted molar refractivity (Wildman–Crippen MR) is 72.2 cm³/mol. The molecule has 1 atom stereocenters. The molecule has 0 saturated heterocycles. The fourth-order valence-corrected chi connectivity index (χ4v) is 1.87. The Bertz CT molecular complexity index is 335. The minimum atomic E-state index is -0.881. The van der Waals surface area contributed by atoms with Crippen LogP contribution in [0.15, 0.2) is 12.1 Å². The van der Waals surface area contributed by atoms with Crippen molar-refractivity contribution in [1.82, 2.24) is 4.72 Å². The van der Waals surface area contributed by atoms with Gasteiger partial charge in [-0.05, 0) is 18.6 Å². The maximum atomic E-state index is 13.4. The van der Waals surface area contributed by atoms with Crippen molar-refractivity contribution < 1.29 is 13.2 Å². The van der Waals surface area contributed by atoms with Crippen LogP contribution in [0.25, 0.3) is 0 Å². The first-order chi connectivity index (χ1) is 8.56. The van der Waals surface area contributed by atoms with Crippen LogP contribution in [-0.4, -0.2) is 12.8 Å². The van der Waals surface area contributed by atoms with Crippen molar-refractivity contribution in [2.45, 2.75) is 33.1 Å². The first kappa shape index (κ1) is 17.3. The summed E-state index contributed by atoms with van der Waals surface area (Å²) in [7, 11) is 0. The van der Waals surface area contributed by atoms with Crippen LogP contribution in [0.2, 0.25) is 0 Å². The zero-order chi connectivity index (χ0) is 14.1. The first-order valence-corrected chi connectivity index (χ1v) is 7.19. The quantitative estimate of drug-likeness (QED) is 0.629. The Morgan fingerprint density at radius 1 is 1.17 bits per heavy atom. The highest BCUT2D eigenvalue weighted by atomic mass is 32.2. The molecule has 0 aliphatic rings. The van der Waals surface area contributed by atoms with Gasteiger partial charge in [0.15, 0.2) is 0 Å². The van der Waals surface area contributed by atoms with E-state index in [0.717, 1.165) is 12.1 Å². The molecule has 1 N–H and O–H groups in total. The number of hydrogen-bond acceptors (Lipinski definition) is 2. The van der Waals surface area contributed by atoms with Crippen molar-refractivity contribution in [3.05, 3.63) is 35.1 Å². The molecule has 1 unspecified atom stereocenters. The topological polar surface area (TPSA) is 12.0 Å². The number of nitrogens with one attached hydrogen (secondary N) is 1. The van der Waals surface area contributed by atoms with E-state index in [0.29, 0.717) is 13.0 Å². The second kappa shape index (κ2) is 9.28. The molecule has 0 radical (unpaired) electrons. The van der Waals surface area contributed by atoms with Gasteiger partial charge in [-0.25, -0.2) is 13.2 Å². The van der Waals surface area contributed by atoms with E-state index in [1.54, 1.807) is 6.92 Å². The molecule has 104 valence electrons. The number of hydrogen-bond donors (Lipinski definition) is 1. The predicted octanol–water partition coefficient (Wildman–Crippen LogP) is 4.49. The van der Waals surface area contributed by atoms with Crippen LogP contribution in [0.5, 0.6) is 0 Å². The Hall–Kier alpha value is -0.680. The number of halogens is 3. The van der Waals surface area contributed by atoms with Crippen LogP contribution < -0.4 is 4.72 Å². The van der Waals surface area contributed by atoms with Crippen molar-refractivity contribution in [2.75, 3.05) is 12.8 Å². The molecule has 0 saturated carbocycles. The fourth-order valence-electron chi connectivity index (χ4n) is 1.55. The molecular formula is C13H20F3NS. The molecule has 1 rings (SSSR count). The Kier molecular flexibility index (Phi) is 8.93. The summed E-state index contributed by atoms with van der Waals surface area (Å²) in [4.78, 5) is 0. The summed E-state index contributed by atoms with van der Waals surface area (Å²) >= 11 is 1.45. The van der Waals surface area contributed by atoms with Crippen molar-refractivity contribution in [3.8, 4) is 0 Å². The molecule has 1 nitrogen and oxygen atoms in total. The lowest BCUT2D eigenvalue weighted by molar-refractivity contribution is 0.499. The molecule has 0 spiro atoms. The third-order valence-corrected chi connectivity index (χ3v) is 2.85. The van der Waals surface area contributed by atoms with Crippen LogP contribution in [0, 0.1) is 17.5 Å². The molecule has 5 heteroatoms. The average molecular weight is 279 g/mol. The van der Waals surface area contributed by atoms with E-state index in [9.17, 15) is 13.2 Å². The van der Waals surface area contributed by atoms with Crippen LogP contribution in [0.4, 0.5) is 13.2 Å². The molecule has 0 heterocycles. The summed E-state index contributed by atoms with van der Waals surface area (Å²) in [6.45, 7) is 6.37. The van der Waals surface area contributed by atoms with Crippen molar-refractivity contribution in [3.63, 3.8) is 0 Å². The monoisotopic (exact) mass is 279 g/mol. The van der Waals surface area contributed by atoms with Crippen molar-refractivity contribution in [2.24, 2.45) is 0 Å². The van der Waals surface area contributed by atoms with Gasteiger partial charge in [0.2, 0.25) is 0 Å². The first-order valence-electron chi connectivity index (χ1n) is 5.96. The summed E-state index contributed by atoms with van der Waals surface area (Å²) in [6.07, 6.45) is 2.48. The minimum absolute atomic E-state index is 0.0377. The fraction of sp³-hybridized carbons (Fsp3) is 0.538. The van der Waals surface area contributed by atoms with Gasteiger partial charge in [-0.1, -0.05) is 32.7 Å². The van der Waals surface area contributed by atoms with E-state index in [4.69, 9.17) is 0 Å². The smallest absolute Gasteiger partial charge is 0.132 e. The largest absolute Gasteiger partial charge is 0.264 e. The molecule has 18 heavy (non-hydrogen) atoms. The highest BCUT2D eigenvalue weighted by Gasteiger charge is 2.17. The highest BCUT2D eigenvalue weighted by Crippen LogP contribution is 2.25. The highest BCUT2D eigenvalue weighted by molar-refractivity contribution is 7.96. The van der Waals surface area contributed by atoms with Gasteiger partial charge in [-0.3, -0.25) is 4.72 Å². The molecule has 0 amide bonds. The zero-order valence-corrected chi connectivity index (χ0v) is 12.0. The van der Waals surface area contributed by atoms with Crippen LogP contribution in [0.3, 0.4) is 0 Å². The molecule has 0 aliphatic heterocycles. The van der Waals surface area contributed by atoms with Gasteiger partial charge in [-0.15, -0.1) is 0 Å². The van der Waals surface area contributed by atoms with E-state index in [1.807, 2.05) is 20.1 Å². The van der Waals surface area contributed by atoms with E-state index >= 15 is 0 Å². The Balaban J connectivity index is 0.00000137. The summed E-state index contributed by atoms with van der Waals surface area (Å²) in [6, 6.07) is 1.44. The van der Waals surface area contributed by atoms with E-state index in [-0.39, 0.29) is 11.5 Å².